The van der Waals surface area contributed by atoms with E-state index >= 15 is 0 Å². The first-order chi connectivity index (χ1) is 13.7. The molecule has 1 aromatic heterocycles. The Bertz CT molecular complexity index is 1050. The number of aromatic nitrogens is 1. The Kier molecular flexibility index (Phi) is 5.72. The molecule has 1 heterocycles. The lowest BCUT2D eigenvalue weighted by Gasteiger charge is -2.18. The molecule has 0 saturated carbocycles. The number of rotatable bonds is 4. The standard InChI is InChI=1S/C21H18F4N2O2/c1-12(15-8-5-9-17(18(15)22)21(23,24)25)27-19(28)14-10-16(20(29)26-11-14)13-6-3-2-4-7-13/h2-3,5-6,8-12H,4,7H2,1H3,(H,26,29)(H,27,28). The molecular formula is C21H18F4N2O2. The summed E-state index contributed by atoms with van der Waals surface area (Å²) in [5.41, 5.74) is -0.771. The van der Waals surface area contributed by atoms with E-state index < -0.39 is 29.5 Å². The number of amides is 1. The van der Waals surface area contributed by atoms with Gasteiger partial charge in [0.05, 0.1) is 17.2 Å². The number of benzene rings is 1. The Labute approximate surface area is 164 Å². The zero-order valence-electron chi connectivity index (χ0n) is 15.4. The van der Waals surface area contributed by atoms with Crippen LogP contribution < -0.4 is 10.9 Å². The van der Waals surface area contributed by atoms with E-state index in [1.807, 2.05) is 12.2 Å². The summed E-state index contributed by atoms with van der Waals surface area (Å²) in [6.45, 7) is 1.39. The third-order valence-electron chi connectivity index (χ3n) is 4.67. The second-order valence-electron chi connectivity index (χ2n) is 6.69. The average Bonchev–Trinajstić information content (AvgIpc) is 2.68. The van der Waals surface area contributed by atoms with E-state index in [2.05, 4.69) is 10.3 Å². The molecule has 1 atom stereocenters. The quantitative estimate of drug-likeness (QED) is 0.720. The third kappa shape index (κ3) is 4.47. The summed E-state index contributed by atoms with van der Waals surface area (Å²) in [6, 6.07) is 3.33. The molecule has 1 aliphatic rings. The van der Waals surface area contributed by atoms with E-state index in [9.17, 15) is 27.2 Å². The van der Waals surface area contributed by atoms with Crippen LogP contribution in [0.4, 0.5) is 17.6 Å². The third-order valence-corrected chi connectivity index (χ3v) is 4.67. The fraction of sp³-hybridized carbons (Fsp3) is 0.238. The molecule has 0 aliphatic heterocycles. The molecule has 2 N–H and O–H groups in total. The number of carbonyl (C=O) groups excluding carboxylic acids is 1. The summed E-state index contributed by atoms with van der Waals surface area (Å²) < 4.78 is 53.0. The van der Waals surface area contributed by atoms with Crippen molar-refractivity contribution in [3.63, 3.8) is 0 Å². The zero-order chi connectivity index (χ0) is 21.2. The lowest BCUT2D eigenvalue weighted by molar-refractivity contribution is -0.140. The number of hydrogen-bond acceptors (Lipinski definition) is 2. The highest BCUT2D eigenvalue weighted by atomic mass is 19.4. The topological polar surface area (TPSA) is 62.0 Å². The Morgan fingerprint density at radius 3 is 2.69 bits per heavy atom. The van der Waals surface area contributed by atoms with Crippen molar-refractivity contribution in [3.05, 3.63) is 87.1 Å². The van der Waals surface area contributed by atoms with Gasteiger partial charge in [-0.05, 0) is 37.5 Å². The van der Waals surface area contributed by atoms with Gasteiger partial charge >= 0.3 is 6.18 Å². The minimum Gasteiger partial charge on any atom is -0.345 e. The molecule has 0 fully saturated rings. The Morgan fingerprint density at radius 1 is 1.28 bits per heavy atom. The molecule has 0 bridgehead atoms. The lowest BCUT2D eigenvalue weighted by Crippen LogP contribution is -2.29. The summed E-state index contributed by atoms with van der Waals surface area (Å²) in [5, 5.41) is 2.48. The predicted octanol–water partition coefficient (Wildman–Crippen LogP) is 4.76. The maximum atomic E-state index is 14.3. The van der Waals surface area contributed by atoms with Crippen LogP contribution in [0.5, 0.6) is 0 Å². The molecule has 0 saturated heterocycles. The van der Waals surface area contributed by atoms with E-state index in [0.29, 0.717) is 18.1 Å². The number of nitrogens with one attached hydrogen (secondary N) is 2. The van der Waals surface area contributed by atoms with Gasteiger partial charge in [0.2, 0.25) is 0 Å². The number of H-pyrrole nitrogens is 1. The fourth-order valence-electron chi connectivity index (χ4n) is 3.14. The van der Waals surface area contributed by atoms with Crippen LogP contribution in [0, 0.1) is 5.82 Å². The molecule has 1 aromatic carbocycles. The molecule has 152 valence electrons. The van der Waals surface area contributed by atoms with E-state index in [1.54, 1.807) is 6.08 Å². The van der Waals surface area contributed by atoms with Crippen LogP contribution in [-0.2, 0) is 6.18 Å². The van der Waals surface area contributed by atoms with Crippen LogP contribution in [-0.4, -0.2) is 10.9 Å². The van der Waals surface area contributed by atoms with Crippen LogP contribution in [0.25, 0.3) is 5.57 Å². The minimum atomic E-state index is -4.83. The molecular weight excluding hydrogens is 388 g/mol. The van der Waals surface area contributed by atoms with Crippen LogP contribution in [0.15, 0.2) is 53.5 Å². The summed E-state index contributed by atoms with van der Waals surface area (Å²) in [7, 11) is 0. The molecule has 1 aliphatic carbocycles. The predicted molar refractivity (Wildman–Crippen MR) is 101 cm³/mol. The van der Waals surface area contributed by atoms with Crippen molar-refractivity contribution >= 4 is 11.5 Å². The van der Waals surface area contributed by atoms with Gasteiger partial charge in [0.15, 0.2) is 0 Å². The number of hydrogen-bond donors (Lipinski definition) is 2. The maximum Gasteiger partial charge on any atom is 0.419 e. The molecule has 3 rings (SSSR count). The number of allylic oxidation sites excluding steroid dienone is 4. The first-order valence-electron chi connectivity index (χ1n) is 8.93. The highest BCUT2D eigenvalue weighted by Gasteiger charge is 2.35. The molecule has 4 nitrogen and oxygen atoms in total. The van der Waals surface area contributed by atoms with E-state index in [-0.39, 0.29) is 16.7 Å². The van der Waals surface area contributed by atoms with Crippen LogP contribution in [0.3, 0.4) is 0 Å². The summed E-state index contributed by atoms with van der Waals surface area (Å²) >= 11 is 0. The lowest BCUT2D eigenvalue weighted by atomic mass is 9.97. The number of alkyl halides is 3. The second-order valence-corrected chi connectivity index (χ2v) is 6.69. The maximum absolute atomic E-state index is 14.3. The van der Waals surface area contributed by atoms with Gasteiger partial charge in [-0.3, -0.25) is 9.59 Å². The first kappa shape index (κ1) is 20.6. The first-order valence-corrected chi connectivity index (χ1v) is 8.93. The van der Waals surface area contributed by atoms with Crippen molar-refractivity contribution in [2.24, 2.45) is 0 Å². The zero-order valence-corrected chi connectivity index (χ0v) is 15.4. The molecule has 1 unspecified atom stereocenters. The van der Waals surface area contributed by atoms with E-state index in [0.717, 1.165) is 18.1 Å². The number of carbonyl (C=O) groups is 1. The summed E-state index contributed by atoms with van der Waals surface area (Å²) in [5.74, 6) is -2.06. The van der Waals surface area contributed by atoms with E-state index in [4.69, 9.17) is 0 Å². The normalized spacial score (nSPS) is 15.0. The molecule has 1 amide bonds. The van der Waals surface area contributed by atoms with Gasteiger partial charge in [0.25, 0.3) is 11.5 Å². The number of aromatic amines is 1. The fourth-order valence-corrected chi connectivity index (χ4v) is 3.14. The molecule has 0 spiro atoms. The van der Waals surface area contributed by atoms with Crippen molar-refractivity contribution in [1.82, 2.24) is 10.3 Å². The van der Waals surface area contributed by atoms with Gasteiger partial charge in [0.1, 0.15) is 5.82 Å². The van der Waals surface area contributed by atoms with Crippen molar-refractivity contribution in [2.75, 3.05) is 0 Å². The largest absolute Gasteiger partial charge is 0.419 e. The average molecular weight is 406 g/mol. The Balaban J connectivity index is 1.85. The Morgan fingerprint density at radius 2 is 2.03 bits per heavy atom. The smallest absolute Gasteiger partial charge is 0.345 e. The van der Waals surface area contributed by atoms with E-state index in [1.165, 1.54) is 25.3 Å². The van der Waals surface area contributed by atoms with Gasteiger partial charge in [-0.15, -0.1) is 0 Å². The summed E-state index contributed by atoms with van der Waals surface area (Å²) in [6.07, 6.45) is 3.37. The minimum absolute atomic E-state index is 0.120. The SMILES string of the molecule is CC(NC(=O)c1c[nH]c(=O)c(C2=CC=CCC2)c1)c1cccc(C(F)(F)F)c1F. The van der Waals surface area contributed by atoms with Gasteiger partial charge in [0, 0.05) is 17.3 Å². The number of halogens is 4. The monoisotopic (exact) mass is 406 g/mol. The van der Waals surface area contributed by atoms with Crippen molar-refractivity contribution in [1.29, 1.82) is 0 Å². The van der Waals surface area contributed by atoms with Crippen LogP contribution in [0.2, 0.25) is 0 Å². The molecule has 8 heteroatoms. The Hall–Kier alpha value is -3.16. The van der Waals surface area contributed by atoms with Gasteiger partial charge in [-0.25, -0.2) is 4.39 Å². The number of pyridine rings is 1. The van der Waals surface area contributed by atoms with Crippen LogP contribution >= 0.6 is 0 Å². The van der Waals surface area contributed by atoms with Crippen molar-refractivity contribution in [2.45, 2.75) is 32.0 Å². The van der Waals surface area contributed by atoms with Gasteiger partial charge in [-0.1, -0.05) is 30.4 Å². The highest BCUT2D eigenvalue weighted by molar-refractivity contribution is 5.95. The van der Waals surface area contributed by atoms with Crippen LogP contribution in [0.1, 0.15) is 52.9 Å². The molecule has 2 aromatic rings. The van der Waals surface area contributed by atoms with Gasteiger partial charge in [-0.2, -0.15) is 13.2 Å². The second kappa shape index (κ2) is 8.06. The van der Waals surface area contributed by atoms with Gasteiger partial charge < -0.3 is 10.3 Å². The summed E-state index contributed by atoms with van der Waals surface area (Å²) in [4.78, 5) is 27.2. The molecule has 29 heavy (non-hydrogen) atoms. The molecule has 0 radical (unpaired) electrons. The van der Waals surface area contributed by atoms with Crippen molar-refractivity contribution < 1.29 is 22.4 Å². The highest BCUT2D eigenvalue weighted by Crippen LogP contribution is 2.34. The van der Waals surface area contributed by atoms with Crippen molar-refractivity contribution in [3.8, 4) is 0 Å².